The zero-order valence-corrected chi connectivity index (χ0v) is 13.5. The largest absolute Gasteiger partial charge is 0.462 e. The average Bonchev–Trinajstić information content (AvgIpc) is 2.44. The van der Waals surface area contributed by atoms with Crippen molar-refractivity contribution >= 4 is 45.6 Å². The second kappa shape index (κ2) is 6.75. The van der Waals surface area contributed by atoms with Gasteiger partial charge in [0.15, 0.2) is 0 Å². The van der Waals surface area contributed by atoms with Gasteiger partial charge in [0, 0.05) is 9.26 Å². The van der Waals surface area contributed by atoms with E-state index in [1.54, 1.807) is 6.92 Å². The molecule has 0 amide bonds. The maximum Gasteiger partial charge on any atom is 0.340 e. The minimum absolute atomic E-state index is 0.0549. The number of benzene rings is 2. The van der Waals surface area contributed by atoms with Crippen LogP contribution in [0.2, 0.25) is 0 Å². The average molecular weight is 400 g/mol. The van der Waals surface area contributed by atoms with Crippen LogP contribution in [0.4, 0.5) is 21.5 Å². The molecule has 0 aromatic heterocycles. The van der Waals surface area contributed by atoms with E-state index in [1.165, 1.54) is 6.07 Å². The highest BCUT2D eigenvalue weighted by Crippen LogP contribution is 2.28. The molecule has 21 heavy (non-hydrogen) atoms. The molecule has 0 saturated heterocycles. The first-order chi connectivity index (χ1) is 10.0. The second-order valence-electron chi connectivity index (χ2n) is 4.24. The number of para-hydroxylation sites is 1. The molecule has 2 aromatic rings. The highest BCUT2D eigenvalue weighted by Gasteiger charge is 2.15. The number of hydrogen-bond donors (Lipinski definition) is 2. The quantitative estimate of drug-likeness (QED) is 0.464. The topological polar surface area (TPSA) is 64.3 Å². The predicted octanol–water partition coefficient (Wildman–Crippen LogP) is 3.93. The molecule has 0 aliphatic carbocycles. The van der Waals surface area contributed by atoms with Crippen LogP contribution < -0.4 is 11.1 Å². The van der Waals surface area contributed by atoms with E-state index < -0.39 is 11.8 Å². The van der Waals surface area contributed by atoms with E-state index in [2.05, 4.69) is 27.9 Å². The number of esters is 1. The van der Waals surface area contributed by atoms with E-state index in [-0.39, 0.29) is 23.5 Å². The van der Waals surface area contributed by atoms with Crippen molar-refractivity contribution in [3.8, 4) is 0 Å². The maximum atomic E-state index is 14.0. The van der Waals surface area contributed by atoms with Crippen molar-refractivity contribution < 1.29 is 13.9 Å². The van der Waals surface area contributed by atoms with Crippen LogP contribution in [0.1, 0.15) is 17.3 Å². The van der Waals surface area contributed by atoms with E-state index >= 15 is 0 Å². The zero-order chi connectivity index (χ0) is 15.4. The van der Waals surface area contributed by atoms with Crippen LogP contribution in [-0.4, -0.2) is 12.6 Å². The third-order valence-corrected chi connectivity index (χ3v) is 3.72. The van der Waals surface area contributed by atoms with Gasteiger partial charge in [-0.1, -0.05) is 12.1 Å². The Labute approximate surface area is 135 Å². The molecule has 0 heterocycles. The summed E-state index contributed by atoms with van der Waals surface area (Å²) in [6.45, 7) is 1.93. The number of hydrogen-bond acceptors (Lipinski definition) is 4. The van der Waals surface area contributed by atoms with Crippen molar-refractivity contribution in [2.24, 2.45) is 0 Å². The summed E-state index contributed by atoms with van der Waals surface area (Å²) in [5.41, 5.74) is 6.80. The molecule has 0 radical (unpaired) electrons. The Morgan fingerprint density at radius 2 is 2.05 bits per heavy atom. The summed E-state index contributed by atoms with van der Waals surface area (Å²) < 4.78 is 19.8. The van der Waals surface area contributed by atoms with Crippen LogP contribution in [0.3, 0.4) is 0 Å². The van der Waals surface area contributed by atoms with Crippen molar-refractivity contribution in [3.05, 3.63) is 51.3 Å². The van der Waals surface area contributed by atoms with Gasteiger partial charge in [0.2, 0.25) is 0 Å². The molecule has 110 valence electrons. The molecule has 2 aromatic carbocycles. The van der Waals surface area contributed by atoms with E-state index in [9.17, 15) is 9.18 Å². The predicted molar refractivity (Wildman–Crippen MR) is 89.2 cm³/mol. The second-order valence-corrected chi connectivity index (χ2v) is 5.41. The van der Waals surface area contributed by atoms with E-state index in [1.807, 2.05) is 24.3 Å². The Hall–Kier alpha value is -1.83. The number of nitrogen functional groups attached to an aromatic ring is 1. The Balaban J connectivity index is 2.38. The minimum atomic E-state index is -0.569. The van der Waals surface area contributed by atoms with Gasteiger partial charge in [-0.2, -0.15) is 0 Å². The van der Waals surface area contributed by atoms with Crippen molar-refractivity contribution in [1.82, 2.24) is 0 Å². The van der Waals surface area contributed by atoms with Gasteiger partial charge >= 0.3 is 5.97 Å². The molecular weight excluding hydrogens is 386 g/mol. The Morgan fingerprint density at radius 3 is 2.71 bits per heavy atom. The third kappa shape index (κ3) is 3.63. The SMILES string of the molecule is CCOC(=O)c1cc(Nc2ccccc2I)c(F)cc1N. The van der Waals surface area contributed by atoms with Crippen molar-refractivity contribution in [2.75, 3.05) is 17.7 Å². The number of anilines is 3. The first-order valence-corrected chi connectivity index (χ1v) is 7.38. The lowest BCUT2D eigenvalue weighted by Gasteiger charge is -2.12. The summed E-state index contributed by atoms with van der Waals surface area (Å²) >= 11 is 2.14. The third-order valence-electron chi connectivity index (χ3n) is 2.78. The van der Waals surface area contributed by atoms with Gasteiger partial charge < -0.3 is 15.8 Å². The van der Waals surface area contributed by atoms with Gasteiger partial charge in [-0.15, -0.1) is 0 Å². The van der Waals surface area contributed by atoms with E-state index in [4.69, 9.17) is 10.5 Å². The van der Waals surface area contributed by atoms with Gasteiger partial charge in [0.25, 0.3) is 0 Å². The van der Waals surface area contributed by atoms with Gasteiger partial charge in [-0.25, -0.2) is 9.18 Å². The Kier molecular flexibility index (Phi) is 5.00. The molecule has 0 unspecified atom stereocenters. The fourth-order valence-electron chi connectivity index (χ4n) is 1.78. The van der Waals surface area contributed by atoms with Crippen LogP contribution in [0.5, 0.6) is 0 Å². The number of halogens is 2. The van der Waals surface area contributed by atoms with Crippen molar-refractivity contribution in [1.29, 1.82) is 0 Å². The van der Waals surface area contributed by atoms with Gasteiger partial charge in [-0.05, 0) is 53.8 Å². The van der Waals surface area contributed by atoms with E-state index in [0.717, 1.165) is 15.3 Å². The molecular formula is C15H14FIN2O2. The number of nitrogens with one attached hydrogen (secondary N) is 1. The fraction of sp³-hybridized carbons (Fsp3) is 0.133. The summed E-state index contributed by atoms with van der Waals surface area (Å²) in [6.07, 6.45) is 0. The minimum Gasteiger partial charge on any atom is -0.462 e. The highest BCUT2D eigenvalue weighted by molar-refractivity contribution is 14.1. The molecule has 0 fully saturated rings. The number of carbonyl (C=O) groups excluding carboxylic acids is 1. The molecule has 6 heteroatoms. The van der Waals surface area contributed by atoms with Gasteiger partial charge in [-0.3, -0.25) is 0 Å². The van der Waals surface area contributed by atoms with Crippen LogP contribution in [0.25, 0.3) is 0 Å². The lowest BCUT2D eigenvalue weighted by Crippen LogP contribution is -2.09. The molecule has 0 aliphatic heterocycles. The van der Waals surface area contributed by atoms with Crippen LogP contribution in [-0.2, 0) is 4.74 Å². The number of nitrogens with two attached hydrogens (primary N) is 1. The van der Waals surface area contributed by atoms with Gasteiger partial charge in [0.05, 0.1) is 23.5 Å². The summed E-state index contributed by atoms with van der Waals surface area (Å²) in [7, 11) is 0. The summed E-state index contributed by atoms with van der Waals surface area (Å²) in [4.78, 5) is 11.8. The lowest BCUT2D eigenvalue weighted by atomic mass is 10.1. The number of ether oxygens (including phenoxy) is 1. The normalized spacial score (nSPS) is 10.2. The zero-order valence-electron chi connectivity index (χ0n) is 11.3. The van der Waals surface area contributed by atoms with Gasteiger partial charge in [0.1, 0.15) is 5.82 Å². The first-order valence-electron chi connectivity index (χ1n) is 6.30. The molecule has 4 nitrogen and oxygen atoms in total. The molecule has 2 rings (SSSR count). The fourth-order valence-corrected chi connectivity index (χ4v) is 2.30. The van der Waals surface area contributed by atoms with Crippen LogP contribution in [0, 0.1) is 9.39 Å². The van der Waals surface area contributed by atoms with Crippen molar-refractivity contribution in [2.45, 2.75) is 6.92 Å². The summed E-state index contributed by atoms with van der Waals surface area (Å²) in [5, 5.41) is 2.96. The number of rotatable bonds is 4. The maximum absolute atomic E-state index is 14.0. The smallest absolute Gasteiger partial charge is 0.340 e. The van der Waals surface area contributed by atoms with Crippen LogP contribution >= 0.6 is 22.6 Å². The molecule has 0 spiro atoms. The summed E-state index contributed by atoms with van der Waals surface area (Å²) in [6, 6.07) is 9.92. The molecule has 0 saturated carbocycles. The molecule has 3 N–H and O–H groups in total. The first kappa shape index (κ1) is 15.6. The standard InChI is InChI=1S/C15H14FIN2O2/c1-2-21-15(20)9-7-14(10(16)8-12(9)18)19-13-6-4-3-5-11(13)17/h3-8,19H,2,18H2,1H3. The Bertz CT molecular complexity index is 677. The molecule has 0 aliphatic rings. The van der Waals surface area contributed by atoms with E-state index in [0.29, 0.717) is 0 Å². The monoisotopic (exact) mass is 400 g/mol. The lowest BCUT2D eigenvalue weighted by molar-refractivity contribution is 0.0527. The highest BCUT2D eigenvalue weighted by atomic mass is 127. The Morgan fingerprint density at radius 1 is 1.33 bits per heavy atom. The van der Waals surface area contributed by atoms with Crippen molar-refractivity contribution in [3.63, 3.8) is 0 Å². The summed E-state index contributed by atoms with van der Waals surface area (Å²) in [5.74, 6) is -1.10. The molecule has 0 atom stereocenters. The number of carbonyl (C=O) groups is 1. The van der Waals surface area contributed by atoms with Crippen LogP contribution in [0.15, 0.2) is 36.4 Å². The molecule has 0 bridgehead atoms.